The zero-order chi connectivity index (χ0) is 15.8. The molecule has 1 aliphatic rings. The molecule has 0 amide bonds. The summed E-state index contributed by atoms with van der Waals surface area (Å²) in [5.74, 6) is 0.696. The van der Waals surface area contributed by atoms with E-state index in [1.807, 2.05) is 6.92 Å². The summed E-state index contributed by atoms with van der Waals surface area (Å²) in [6.07, 6.45) is 1.74. The molecule has 1 N–H and O–H groups in total. The van der Waals surface area contributed by atoms with Gasteiger partial charge in [0.1, 0.15) is 0 Å². The van der Waals surface area contributed by atoms with Crippen LogP contribution in [0.2, 0.25) is 0 Å². The normalized spacial score (nSPS) is 26.9. The Balaban J connectivity index is 2.20. The molecule has 1 aromatic carbocycles. The number of halogens is 1. The first-order valence-electron chi connectivity index (χ1n) is 6.68. The molecule has 8 heteroatoms. The Hall–Kier alpha value is -0.990. The second kappa shape index (κ2) is 5.66. The lowest BCUT2D eigenvalue weighted by molar-refractivity contribution is 0.402. The first-order chi connectivity index (χ1) is 9.61. The summed E-state index contributed by atoms with van der Waals surface area (Å²) in [7, 11) is -8.55. The van der Waals surface area contributed by atoms with E-state index in [0.29, 0.717) is 5.92 Å². The van der Waals surface area contributed by atoms with Crippen molar-refractivity contribution in [3.8, 4) is 0 Å². The van der Waals surface area contributed by atoms with Gasteiger partial charge in [-0.3, -0.25) is 0 Å². The van der Waals surface area contributed by atoms with Gasteiger partial charge in [0.15, 0.2) is 0 Å². The van der Waals surface area contributed by atoms with Crippen LogP contribution >= 0.6 is 0 Å². The van der Waals surface area contributed by atoms with Gasteiger partial charge < -0.3 is 0 Å². The van der Waals surface area contributed by atoms with E-state index in [2.05, 4.69) is 11.6 Å². The molecular formula is C13H18FNO4S2. The fraction of sp³-hybridized carbons (Fsp3) is 0.538. The Bertz CT molecular complexity index is 713. The highest BCUT2D eigenvalue weighted by Crippen LogP contribution is 2.32. The van der Waals surface area contributed by atoms with E-state index in [0.717, 1.165) is 37.1 Å². The molecule has 0 bridgehead atoms. The first-order valence-corrected chi connectivity index (χ1v) is 9.55. The van der Waals surface area contributed by atoms with E-state index in [4.69, 9.17) is 0 Å². The smallest absolute Gasteiger partial charge is 0.208 e. The maximum absolute atomic E-state index is 12.8. The predicted molar refractivity (Wildman–Crippen MR) is 76.4 cm³/mol. The van der Waals surface area contributed by atoms with Crippen LogP contribution in [0.4, 0.5) is 3.89 Å². The molecular weight excluding hydrogens is 317 g/mol. The Labute approximate surface area is 124 Å². The van der Waals surface area contributed by atoms with Crippen molar-refractivity contribution in [1.29, 1.82) is 0 Å². The van der Waals surface area contributed by atoms with Crippen molar-refractivity contribution in [3.63, 3.8) is 0 Å². The SMILES string of the molecule is CC1CCC(NS(=O)(=O)c2ccc(S(=O)(=O)F)cc2)C1C. The molecule has 0 saturated heterocycles. The van der Waals surface area contributed by atoms with Gasteiger partial charge >= 0.3 is 10.2 Å². The van der Waals surface area contributed by atoms with Gasteiger partial charge in [-0.2, -0.15) is 8.42 Å². The van der Waals surface area contributed by atoms with Gasteiger partial charge in [-0.1, -0.05) is 13.8 Å². The maximum Gasteiger partial charge on any atom is 0.332 e. The second-order valence-corrected chi connectivity index (χ2v) is 8.61. The van der Waals surface area contributed by atoms with Gasteiger partial charge in [0.2, 0.25) is 10.0 Å². The molecule has 2 rings (SSSR count). The molecule has 3 atom stereocenters. The zero-order valence-electron chi connectivity index (χ0n) is 11.8. The lowest BCUT2D eigenvalue weighted by Gasteiger charge is -2.19. The summed E-state index contributed by atoms with van der Waals surface area (Å²) >= 11 is 0. The van der Waals surface area contributed by atoms with Gasteiger partial charge in [-0.25, -0.2) is 13.1 Å². The second-order valence-electron chi connectivity index (χ2n) is 5.55. The number of hydrogen-bond acceptors (Lipinski definition) is 4. The Kier molecular flexibility index (Phi) is 4.41. The van der Waals surface area contributed by atoms with Crippen molar-refractivity contribution in [2.24, 2.45) is 11.8 Å². The zero-order valence-corrected chi connectivity index (χ0v) is 13.4. The van der Waals surface area contributed by atoms with Crippen molar-refractivity contribution in [2.75, 3.05) is 0 Å². The van der Waals surface area contributed by atoms with Gasteiger partial charge in [0.25, 0.3) is 0 Å². The molecule has 21 heavy (non-hydrogen) atoms. The summed E-state index contributed by atoms with van der Waals surface area (Å²) in [6, 6.07) is 3.96. The molecule has 0 radical (unpaired) electrons. The molecule has 0 aromatic heterocycles. The molecule has 1 saturated carbocycles. The third kappa shape index (κ3) is 3.61. The summed E-state index contributed by atoms with van der Waals surface area (Å²) < 4.78 is 61.4. The van der Waals surface area contributed by atoms with Crippen LogP contribution in [-0.2, 0) is 20.2 Å². The Morgan fingerprint density at radius 2 is 1.52 bits per heavy atom. The Morgan fingerprint density at radius 3 is 1.95 bits per heavy atom. The topological polar surface area (TPSA) is 80.3 Å². The average molecular weight is 335 g/mol. The van der Waals surface area contributed by atoms with E-state index >= 15 is 0 Å². The molecule has 3 unspecified atom stereocenters. The van der Waals surface area contributed by atoms with Crippen LogP contribution in [0.3, 0.4) is 0 Å². The largest absolute Gasteiger partial charge is 0.332 e. The van der Waals surface area contributed by atoms with Crippen molar-refractivity contribution >= 4 is 20.2 Å². The number of nitrogens with one attached hydrogen (secondary N) is 1. The van der Waals surface area contributed by atoms with Crippen LogP contribution in [0.15, 0.2) is 34.1 Å². The minimum Gasteiger partial charge on any atom is -0.208 e. The van der Waals surface area contributed by atoms with Crippen LogP contribution in [0.25, 0.3) is 0 Å². The number of benzene rings is 1. The molecule has 0 spiro atoms. The summed E-state index contributed by atoms with van der Waals surface area (Å²) in [5.41, 5.74) is 0. The van der Waals surface area contributed by atoms with Crippen LogP contribution in [-0.4, -0.2) is 22.9 Å². The molecule has 0 heterocycles. The molecule has 0 aliphatic heterocycles. The standard InChI is InChI=1S/C13H18FNO4S2/c1-9-3-8-13(10(9)2)15-21(18,19)12-6-4-11(5-7-12)20(14,16)17/h4-7,9-10,13,15H,3,8H2,1-2H3. The average Bonchev–Trinajstić information content (AvgIpc) is 2.69. The van der Waals surface area contributed by atoms with E-state index in [1.54, 1.807) is 0 Å². The summed E-state index contributed by atoms with van der Waals surface area (Å²) in [6.45, 7) is 4.09. The third-order valence-electron chi connectivity index (χ3n) is 4.19. The molecule has 1 fully saturated rings. The fourth-order valence-electron chi connectivity index (χ4n) is 2.58. The van der Waals surface area contributed by atoms with E-state index in [-0.39, 0.29) is 16.9 Å². The maximum atomic E-state index is 12.8. The predicted octanol–water partition coefficient (Wildman–Crippen LogP) is 2.06. The monoisotopic (exact) mass is 335 g/mol. The third-order valence-corrected chi connectivity index (χ3v) is 6.53. The molecule has 118 valence electrons. The number of sulfonamides is 1. The van der Waals surface area contributed by atoms with Crippen LogP contribution in [0.5, 0.6) is 0 Å². The van der Waals surface area contributed by atoms with E-state index in [1.165, 1.54) is 0 Å². The highest BCUT2D eigenvalue weighted by molar-refractivity contribution is 7.89. The van der Waals surface area contributed by atoms with E-state index in [9.17, 15) is 20.7 Å². The van der Waals surface area contributed by atoms with Crippen molar-refractivity contribution in [1.82, 2.24) is 4.72 Å². The molecule has 5 nitrogen and oxygen atoms in total. The van der Waals surface area contributed by atoms with Crippen molar-refractivity contribution < 1.29 is 20.7 Å². The van der Waals surface area contributed by atoms with Crippen LogP contribution in [0.1, 0.15) is 26.7 Å². The summed E-state index contributed by atoms with van der Waals surface area (Å²) in [5, 5.41) is 0. The molecule has 1 aromatic rings. The quantitative estimate of drug-likeness (QED) is 0.854. The van der Waals surface area contributed by atoms with Crippen molar-refractivity contribution in [3.05, 3.63) is 24.3 Å². The van der Waals surface area contributed by atoms with Crippen LogP contribution in [0, 0.1) is 11.8 Å². The number of hydrogen-bond donors (Lipinski definition) is 1. The lowest BCUT2D eigenvalue weighted by atomic mass is 9.98. The fourth-order valence-corrected chi connectivity index (χ4v) is 4.40. The van der Waals surface area contributed by atoms with Gasteiger partial charge in [0.05, 0.1) is 9.79 Å². The minimum atomic E-state index is -4.82. The van der Waals surface area contributed by atoms with Crippen molar-refractivity contribution in [2.45, 2.75) is 42.5 Å². The minimum absolute atomic E-state index is 0.0679. The highest BCUT2D eigenvalue weighted by atomic mass is 32.3. The number of rotatable bonds is 4. The highest BCUT2D eigenvalue weighted by Gasteiger charge is 2.33. The molecule has 1 aliphatic carbocycles. The Morgan fingerprint density at radius 1 is 1.00 bits per heavy atom. The van der Waals surface area contributed by atoms with Gasteiger partial charge in [0, 0.05) is 6.04 Å². The lowest BCUT2D eigenvalue weighted by Crippen LogP contribution is -2.37. The summed E-state index contributed by atoms with van der Waals surface area (Å²) in [4.78, 5) is -0.619. The van der Waals surface area contributed by atoms with Gasteiger partial charge in [-0.15, -0.1) is 3.89 Å². The van der Waals surface area contributed by atoms with Gasteiger partial charge in [-0.05, 0) is 48.9 Å². The van der Waals surface area contributed by atoms with E-state index < -0.39 is 25.1 Å². The van der Waals surface area contributed by atoms with Crippen LogP contribution < -0.4 is 4.72 Å². The first kappa shape index (κ1) is 16.4.